The number of likely N-dealkylation sites (tertiary alicyclic amines) is 2. The summed E-state index contributed by atoms with van der Waals surface area (Å²) in [6.45, 7) is 6.01. The first-order valence-corrected chi connectivity index (χ1v) is 12.3. The molecule has 0 saturated carbocycles. The molecule has 3 aliphatic rings. The Morgan fingerprint density at radius 2 is 1.64 bits per heavy atom. The van der Waals surface area contributed by atoms with E-state index >= 15 is 0 Å². The number of urea groups is 1. The van der Waals surface area contributed by atoms with Gasteiger partial charge in [-0.3, -0.25) is 4.79 Å². The molecule has 0 unspecified atom stereocenters. The van der Waals surface area contributed by atoms with E-state index in [4.69, 9.17) is 4.74 Å². The number of carbonyl (C=O) groups excluding carboxylic acids is 2. The third kappa shape index (κ3) is 4.85. The highest BCUT2D eigenvalue weighted by molar-refractivity contribution is 5.90. The van der Waals surface area contributed by atoms with E-state index in [1.54, 1.807) is 0 Å². The lowest BCUT2D eigenvalue weighted by atomic mass is 9.93. The summed E-state index contributed by atoms with van der Waals surface area (Å²) in [6, 6.07) is 14.1. The minimum Gasteiger partial charge on any atom is -0.493 e. The maximum atomic E-state index is 12.9. The van der Waals surface area contributed by atoms with Crippen LogP contribution < -0.4 is 10.1 Å². The molecule has 1 N–H and O–H groups in total. The molecule has 3 heterocycles. The topological polar surface area (TPSA) is 61.9 Å². The number of anilines is 1. The quantitative estimate of drug-likeness (QED) is 0.736. The van der Waals surface area contributed by atoms with E-state index in [1.165, 1.54) is 5.56 Å². The van der Waals surface area contributed by atoms with Crippen molar-refractivity contribution in [3.05, 3.63) is 48.0 Å². The first kappa shape index (κ1) is 21.8. The molecule has 3 aliphatic heterocycles. The number of ether oxygens (including phenoxy) is 1. The van der Waals surface area contributed by atoms with Crippen LogP contribution in [0, 0.1) is 11.8 Å². The molecule has 0 aliphatic carbocycles. The van der Waals surface area contributed by atoms with Gasteiger partial charge in [-0.05, 0) is 72.6 Å². The van der Waals surface area contributed by atoms with Crippen LogP contribution in [0.25, 0.3) is 11.1 Å². The first-order valence-electron chi connectivity index (χ1n) is 12.3. The molecule has 6 heteroatoms. The maximum Gasteiger partial charge on any atom is 0.321 e. The molecule has 0 aromatic heterocycles. The largest absolute Gasteiger partial charge is 0.493 e. The minimum absolute atomic E-state index is 0.0505. The van der Waals surface area contributed by atoms with Gasteiger partial charge in [0, 0.05) is 44.2 Å². The molecule has 174 valence electrons. The van der Waals surface area contributed by atoms with Crippen molar-refractivity contribution in [3.8, 4) is 16.9 Å². The van der Waals surface area contributed by atoms with Crippen molar-refractivity contribution in [2.24, 2.45) is 11.8 Å². The van der Waals surface area contributed by atoms with Gasteiger partial charge in [-0.25, -0.2) is 4.79 Å². The first-order chi connectivity index (χ1) is 16.1. The number of benzene rings is 2. The van der Waals surface area contributed by atoms with Crippen LogP contribution >= 0.6 is 0 Å². The fraction of sp³-hybridized carbons (Fsp3) is 0.481. The second-order valence-electron chi connectivity index (χ2n) is 9.70. The zero-order chi connectivity index (χ0) is 22.8. The lowest BCUT2D eigenvalue weighted by molar-refractivity contribution is -0.138. The molecule has 3 amide bonds. The molecule has 5 rings (SSSR count). The van der Waals surface area contributed by atoms with Gasteiger partial charge in [-0.1, -0.05) is 25.1 Å². The van der Waals surface area contributed by atoms with Crippen LogP contribution in [-0.2, 0) is 11.2 Å². The summed E-state index contributed by atoms with van der Waals surface area (Å²) in [6.07, 6.45) is 4.64. The Labute approximate surface area is 195 Å². The van der Waals surface area contributed by atoms with Gasteiger partial charge in [0.05, 0.1) is 6.61 Å². The lowest BCUT2D eigenvalue weighted by Crippen LogP contribution is -2.47. The van der Waals surface area contributed by atoms with Gasteiger partial charge in [0.1, 0.15) is 5.75 Å². The van der Waals surface area contributed by atoms with Crippen molar-refractivity contribution in [2.45, 2.75) is 39.0 Å². The van der Waals surface area contributed by atoms with Crippen LogP contribution in [-0.4, -0.2) is 54.5 Å². The number of rotatable bonds is 3. The van der Waals surface area contributed by atoms with Crippen molar-refractivity contribution in [3.63, 3.8) is 0 Å². The Hall–Kier alpha value is -3.02. The van der Waals surface area contributed by atoms with Crippen LogP contribution in [0.2, 0.25) is 0 Å². The summed E-state index contributed by atoms with van der Waals surface area (Å²) in [5.74, 6) is 2.03. The SMILES string of the molecule is CC1CCN(C(=O)C2CCN(C(=O)Nc3cccc(-c4ccc5c(c4)CCO5)c3)CC2)CC1. The van der Waals surface area contributed by atoms with E-state index in [1.807, 2.05) is 34.1 Å². The van der Waals surface area contributed by atoms with Crippen LogP contribution in [0.5, 0.6) is 5.75 Å². The van der Waals surface area contributed by atoms with Crippen molar-refractivity contribution >= 4 is 17.6 Å². The molecule has 2 saturated heterocycles. The molecule has 0 bridgehead atoms. The summed E-state index contributed by atoms with van der Waals surface area (Å²) in [5.41, 5.74) is 4.22. The lowest BCUT2D eigenvalue weighted by Gasteiger charge is -2.36. The normalized spacial score (nSPS) is 19.2. The van der Waals surface area contributed by atoms with Crippen molar-refractivity contribution in [1.29, 1.82) is 0 Å². The van der Waals surface area contributed by atoms with Crippen molar-refractivity contribution < 1.29 is 14.3 Å². The molecule has 0 radical (unpaired) electrons. The van der Waals surface area contributed by atoms with Gasteiger partial charge in [0.25, 0.3) is 0 Å². The molecular weight excluding hydrogens is 414 g/mol. The number of hydrogen-bond acceptors (Lipinski definition) is 3. The van der Waals surface area contributed by atoms with Gasteiger partial charge in [-0.2, -0.15) is 0 Å². The Balaban J connectivity index is 1.16. The van der Waals surface area contributed by atoms with E-state index in [9.17, 15) is 9.59 Å². The highest BCUT2D eigenvalue weighted by Gasteiger charge is 2.31. The smallest absolute Gasteiger partial charge is 0.321 e. The predicted octanol–water partition coefficient (Wildman–Crippen LogP) is 4.79. The number of fused-ring (bicyclic) bond motifs is 1. The molecule has 2 aromatic rings. The van der Waals surface area contributed by atoms with E-state index in [-0.39, 0.29) is 17.9 Å². The van der Waals surface area contributed by atoms with Crippen molar-refractivity contribution in [1.82, 2.24) is 9.80 Å². The second kappa shape index (κ2) is 9.46. The number of nitrogens with one attached hydrogen (secondary N) is 1. The Bertz CT molecular complexity index is 1020. The fourth-order valence-electron chi connectivity index (χ4n) is 5.16. The zero-order valence-electron chi connectivity index (χ0n) is 19.4. The van der Waals surface area contributed by atoms with E-state index in [2.05, 4.69) is 30.4 Å². The summed E-state index contributed by atoms with van der Waals surface area (Å²) in [7, 11) is 0. The molecule has 2 aromatic carbocycles. The maximum absolute atomic E-state index is 12.9. The molecule has 2 fully saturated rings. The van der Waals surface area contributed by atoms with Crippen LogP contribution in [0.1, 0.15) is 38.2 Å². The standard InChI is InChI=1S/C27H33N3O3/c1-19-7-12-29(13-8-19)26(31)20-9-14-30(15-10-20)27(32)28-24-4-2-3-21(18-24)22-5-6-25-23(17-22)11-16-33-25/h2-6,17-20H,7-16H2,1H3,(H,28,32). The highest BCUT2D eigenvalue weighted by atomic mass is 16.5. The third-order valence-electron chi connectivity index (χ3n) is 7.36. The summed E-state index contributed by atoms with van der Waals surface area (Å²) in [5, 5.41) is 3.05. The minimum atomic E-state index is -0.0906. The van der Waals surface area contributed by atoms with Gasteiger partial charge < -0.3 is 19.9 Å². The van der Waals surface area contributed by atoms with Gasteiger partial charge >= 0.3 is 6.03 Å². The number of carbonyl (C=O) groups is 2. The second-order valence-corrected chi connectivity index (χ2v) is 9.70. The van der Waals surface area contributed by atoms with Crippen LogP contribution in [0.3, 0.4) is 0 Å². The van der Waals surface area contributed by atoms with Gasteiger partial charge in [0.2, 0.25) is 5.91 Å². The number of hydrogen-bond donors (Lipinski definition) is 1. The van der Waals surface area contributed by atoms with Crippen molar-refractivity contribution in [2.75, 3.05) is 38.1 Å². The Morgan fingerprint density at radius 1 is 0.909 bits per heavy atom. The molecule has 6 nitrogen and oxygen atoms in total. The summed E-state index contributed by atoms with van der Waals surface area (Å²) in [4.78, 5) is 29.6. The number of piperidine rings is 2. The van der Waals surface area contributed by atoms with E-state index in [0.29, 0.717) is 13.1 Å². The molecule has 0 spiro atoms. The summed E-state index contributed by atoms with van der Waals surface area (Å²) < 4.78 is 5.61. The van der Waals surface area contributed by atoms with E-state index < -0.39 is 0 Å². The van der Waals surface area contributed by atoms with E-state index in [0.717, 1.165) is 80.3 Å². The average molecular weight is 448 g/mol. The monoisotopic (exact) mass is 447 g/mol. The van der Waals surface area contributed by atoms with Gasteiger partial charge in [-0.15, -0.1) is 0 Å². The number of amides is 3. The van der Waals surface area contributed by atoms with Crippen LogP contribution in [0.4, 0.5) is 10.5 Å². The van der Waals surface area contributed by atoms with Crippen LogP contribution in [0.15, 0.2) is 42.5 Å². The fourth-order valence-corrected chi connectivity index (χ4v) is 5.16. The Morgan fingerprint density at radius 3 is 2.42 bits per heavy atom. The third-order valence-corrected chi connectivity index (χ3v) is 7.36. The average Bonchev–Trinajstić information content (AvgIpc) is 3.32. The molecule has 33 heavy (non-hydrogen) atoms. The highest BCUT2D eigenvalue weighted by Crippen LogP contribution is 2.31. The van der Waals surface area contributed by atoms with Gasteiger partial charge in [0.15, 0.2) is 0 Å². The Kier molecular flexibility index (Phi) is 6.25. The molecular formula is C27H33N3O3. The number of nitrogens with zero attached hydrogens (tertiary/aromatic N) is 2. The molecule has 0 atom stereocenters. The zero-order valence-corrected chi connectivity index (χ0v) is 19.4. The predicted molar refractivity (Wildman–Crippen MR) is 129 cm³/mol. The summed E-state index contributed by atoms with van der Waals surface area (Å²) >= 11 is 0.